The maximum atomic E-state index is 6.18. The molecule has 0 radical (unpaired) electrons. The molecule has 0 saturated carbocycles. The van der Waals surface area contributed by atoms with Crippen LogP contribution in [0.5, 0.6) is 5.75 Å². The minimum atomic E-state index is 0.0274. The summed E-state index contributed by atoms with van der Waals surface area (Å²) in [6.45, 7) is 2.06. The number of hydrogen-bond donors (Lipinski definition) is 2. The molecular formula is C16H19N3OS. The molecule has 0 saturated heterocycles. The molecular weight excluding hydrogens is 282 g/mol. The summed E-state index contributed by atoms with van der Waals surface area (Å²) in [7, 11) is 1.94. The quantitative estimate of drug-likeness (QED) is 0.913. The number of nitrogens with two attached hydrogens (primary N) is 1. The molecule has 2 heterocycles. The molecule has 1 aliphatic rings. The zero-order valence-electron chi connectivity index (χ0n) is 12.2. The molecule has 1 aliphatic heterocycles. The van der Waals surface area contributed by atoms with Crippen molar-refractivity contribution in [2.45, 2.75) is 24.0 Å². The fourth-order valence-corrected chi connectivity index (χ4v) is 3.75. The Labute approximate surface area is 129 Å². The van der Waals surface area contributed by atoms with E-state index in [4.69, 9.17) is 10.5 Å². The molecule has 2 unspecified atom stereocenters. The summed E-state index contributed by atoms with van der Waals surface area (Å²) in [5.74, 6) is 2.40. The Balaban J connectivity index is 1.92. The number of nitrogen functional groups attached to an aromatic ring is 1. The number of thioether (sulfide) groups is 1. The van der Waals surface area contributed by atoms with Gasteiger partial charge in [-0.15, -0.1) is 11.8 Å². The maximum Gasteiger partial charge on any atom is 0.133 e. The number of rotatable bonds is 3. The first kappa shape index (κ1) is 14.2. The summed E-state index contributed by atoms with van der Waals surface area (Å²) < 4.78 is 6.18. The summed E-state index contributed by atoms with van der Waals surface area (Å²) in [6, 6.07) is 10.2. The molecule has 0 fully saturated rings. The largest absolute Gasteiger partial charge is 0.486 e. The number of benzene rings is 1. The topological polar surface area (TPSA) is 60.2 Å². The van der Waals surface area contributed by atoms with E-state index in [2.05, 4.69) is 23.3 Å². The van der Waals surface area contributed by atoms with Crippen LogP contribution >= 0.6 is 11.8 Å². The van der Waals surface area contributed by atoms with Gasteiger partial charge in [0.1, 0.15) is 17.7 Å². The summed E-state index contributed by atoms with van der Waals surface area (Å²) >= 11 is 1.82. The molecule has 0 spiro atoms. The van der Waals surface area contributed by atoms with Crippen LogP contribution in [-0.4, -0.2) is 23.9 Å². The number of anilines is 1. The van der Waals surface area contributed by atoms with E-state index in [0.717, 1.165) is 22.6 Å². The normalized spacial score (nSPS) is 18.7. The third-order valence-electron chi connectivity index (χ3n) is 3.76. The Hall–Kier alpha value is -1.72. The summed E-state index contributed by atoms with van der Waals surface area (Å²) in [6.07, 6.45) is 1.77. The molecule has 3 N–H and O–H groups in total. The van der Waals surface area contributed by atoms with E-state index < -0.39 is 0 Å². The van der Waals surface area contributed by atoms with Crippen molar-refractivity contribution in [1.29, 1.82) is 0 Å². The number of nitrogens with one attached hydrogen (secondary N) is 1. The van der Waals surface area contributed by atoms with Crippen LogP contribution in [-0.2, 0) is 0 Å². The highest BCUT2D eigenvalue weighted by Crippen LogP contribution is 2.39. The molecule has 0 amide bonds. The van der Waals surface area contributed by atoms with Crippen LogP contribution in [0.1, 0.15) is 17.2 Å². The second kappa shape index (κ2) is 5.95. The lowest BCUT2D eigenvalue weighted by molar-refractivity contribution is 0.171. The van der Waals surface area contributed by atoms with Crippen molar-refractivity contribution in [2.24, 2.45) is 0 Å². The highest BCUT2D eigenvalue weighted by Gasteiger charge is 2.30. The molecule has 1 aromatic carbocycles. The molecule has 5 heteroatoms. The Morgan fingerprint density at radius 2 is 2.19 bits per heavy atom. The second-order valence-electron chi connectivity index (χ2n) is 5.11. The van der Waals surface area contributed by atoms with Crippen LogP contribution in [0, 0.1) is 6.92 Å². The zero-order chi connectivity index (χ0) is 14.8. The zero-order valence-corrected chi connectivity index (χ0v) is 13.0. The predicted molar refractivity (Wildman–Crippen MR) is 86.8 cm³/mol. The van der Waals surface area contributed by atoms with Crippen molar-refractivity contribution in [3.63, 3.8) is 0 Å². The number of fused-ring (bicyclic) bond motifs is 1. The first-order valence-corrected chi connectivity index (χ1v) is 7.96. The summed E-state index contributed by atoms with van der Waals surface area (Å²) in [4.78, 5) is 5.42. The molecule has 0 aliphatic carbocycles. The minimum Gasteiger partial charge on any atom is -0.486 e. The van der Waals surface area contributed by atoms with Crippen molar-refractivity contribution in [2.75, 3.05) is 18.5 Å². The number of ether oxygens (including phenoxy) is 1. The van der Waals surface area contributed by atoms with Gasteiger partial charge >= 0.3 is 0 Å². The van der Waals surface area contributed by atoms with Gasteiger partial charge in [-0.05, 0) is 37.7 Å². The van der Waals surface area contributed by atoms with Crippen molar-refractivity contribution < 1.29 is 4.74 Å². The number of likely N-dealkylation sites (N-methyl/N-ethyl adjacent to an activating group) is 1. The van der Waals surface area contributed by atoms with E-state index in [9.17, 15) is 0 Å². The van der Waals surface area contributed by atoms with Crippen molar-refractivity contribution >= 4 is 17.6 Å². The third kappa shape index (κ3) is 2.71. The van der Waals surface area contributed by atoms with Crippen LogP contribution in [0.15, 0.2) is 41.4 Å². The predicted octanol–water partition coefficient (Wildman–Crippen LogP) is 2.79. The number of aryl methyl sites for hydroxylation is 1. The number of para-hydroxylation sites is 1. The summed E-state index contributed by atoms with van der Waals surface area (Å²) in [5, 5.41) is 3.34. The van der Waals surface area contributed by atoms with Crippen LogP contribution < -0.4 is 15.8 Å². The van der Waals surface area contributed by atoms with E-state index in [1.165, 1.54) is 4.90 Å². The van der Waals surface area contributed by atoms with Gasteiger partial charge in [0, 0.05) is 22.4 Å². The Morgan fingerprint density at radius 1 is 1.38 bits per heavy atom. The monoisotopic (exact) mass is 301 g/mol. The van der Waals surface area contributed by atoms with Crippen molar-refractivity contribution in [3.8, 4) is 5.75 Å². The van der Waals surface area contributed by atoms with E-state index >= 15 is 0 Å². The van der Waals surface area contributed by atoms with Crippen molar-refractivity contribution in [1.82, 2.24) is 10.3 Å². The second-order valence-corrected chi connectivity index (χ2v) is 6.17. The van der Waals surface area contributed by atoms with Gasteiger partial charge in [-0.3, -0.25) is 0 Å². The third-order valence-corrected chi connectivity index (χ3v) is 4.91. The van der Waals surface area contributed by atoms with E-state index in [-0.39, 0.29) is 12.1 Å². The fraction of sp³-hybridized carbons (Fsp3) is 0.312. The first-order valence-electron chi connectivity index (χ1n) is 6.97. The average Bonchev–Trinajstić information content (AvgIpc) is 2.50. The van der Waals surface area contributed by atoms with Crippen LogP contribution in [0.4, 0.5) is 5.82 Å². The Morgan fingerprint density at radius 3 is 2.95 bits per heavy atom. The van der Waals surface area contributed by atoms with Gasteiger partial charge in [0.25, 0.3) is 0 Å². The minimum absolute atomic E-state index is 0.0274. The van der Waals surface area contributed by atoms with Gasteiger partial charge in [0.05, 0.1) is 6.04 Å². The molecule has 0 bridgehead atoms. The lowest BCUT2D eigenvalue weighted by atomic mass is 9.98. The number of nitrogens with zero attached hydrogens (tertiary/aromatic N) is 1. The van der Waals surface area contributed by atoms with Gasteiger partial charge < -0.3 is 15.8 Å². The van der Waals surface area contributed by atoms with E-state index in [1.54, 1.807) is 6.20 Å². The molecule has 110 valence electrons. The van der Waals surface area contributed by atoms with Gasteiger partial charge in [0.2, 0.25) is 0 Å². The molecule has 4 nitrogen and oxygen atoms in total. The molecule has 2 aromatic rings. The van der Waals surface area contributed by atoms with Gasteiger partial charge in [0.15, 0.2) is 0 Å². The lowest BCUT2D eigenvalue weighted by Gasteiger charge is -2.32. The highest BCUT2D eigenvalue weighted by atomic mass is 32.2. The van der Waals surface area contributed by atoms with Crippen molar-refractivity contribution in [3.05, 3.63) is 47.7 Å². The summed E-state index contributed by atoms with van der Waals surface area (Å²) in [5.41, 5.74) is 8.25. The van der Waals surface area contributed by atoms with Gasteiger partial charge in [-0.25, -0.2) is 4.98 Å². The van der Waals surface area contributed by atoms with E-state index in [1.807, 2.05) is 43.1 Å². The van der Waals surface area contributed by atoms with Gasteiger partial charge in [-0.1, -0.05) is 12.1 Å². The molecule has 3 rings (SSSR count). The van der Waals surface area contributed by atoms with E-state index in [0.29, 0.717) is 5.82 Å². The highest BCUT2D eigenvalue weighted by molar-refractivity contribution is 7.99. The number of hydrogen-bond acceptors (Lipinski definition) is 5. The lowest BCUT2D eigenvalue weighted by Crippen LogP contribution is -2.38. The Kier molecular flexibility index (Phi) is 4.03. The molecule has 2 atom stereocenters. The van der Waals surface area contributed by atoms with Crippen LogP contribution in [0.2, 0.25) is 0 Å². The van der Waals surface area contributed by atoms with Gasteiger partial charge in [-0.2, -0.15) is 0 Å². The molecule has 1 aromatic heterocycles. The Bertz CT molecular complexity index is 627. The van der Waals surface area contributed by atoms with Crippen LogP contribution in [0.25, 0.3) is 0 Å². The standard InChI is InChI=1S/C16H19N3OS/c1-10-7-8-19-16(17)14(10)15(18-2)12-9-21-13-6-4-3-5-11(13)20-12/h3-8,12,15,18H,9H2,1-2H3,(H2,17,19). The smallest absolute Gasteiger partial charge is 0.133 e. The average molecular weight is 301 g/mol. The first-order chi connectivity index (χ1) is 10.2. The number of pyridine rings is 1. The van der Waals surface area contributed by atoms with Crippen LogP contribution in [0.3, 0.4) is 0 Å². The fourth-order valence-electron chi connectivity index (χ4n) is 2.71. The maximum absolute atomic E-state index is 6.18. The number of aromatic nitrogens is 1. The SMILES string of the molecule is CNC(c1c(C)ccnc1N)C1CSc2ccccc2O1. The molecule has 21 heavy (non-hydrogen) atoms.